The van der Waals surface area contributed by atoms with Crippen molar-refractivity contribution in [3.63, 3.8) is 0 Å². The lowest BCUT2D eigenvalue weighted by molar-refractivity contribution is -0.138. The lowest BCUT2D eigenvalue weighted by Gasteiger charge is -2.33. The first-order valence-electron chi connectivity index (χ1n) is 12.1. The van der Waals surface area contributed by atoms with Gasteiger partial charge in [0.1, 0.15) is 11.5 Å². The van der Waals surface area contributed by atoms with E-state index in [0.717, 1.165) is 49.8 Å². The molecule has 4 heteroatoms. The third-order valence-corrected chi connectivity index (χ3v) is 6.90. The number of hydrogen-bond acceptors (Lipinski definition) is 4. The van der Waals surface area contributed by atoms with Crippen LogP contribution in [-0.2, 0) is 4.79 Å². The number of benzene rings is 2. The number of phenols is 1. The van der Waals surface area contributed by atoms with E-state index in [9.17, 15) is 9.90 Å². The van der Waals surface area contributed by atoms with Gasteiger partial charge in [-0.25, -0.2) is 0 Å². The second kappa shape index (κ2) is 11.0. The molecular weight excluding hydrogens is 398 g/mol. The van der Waals surface area contributed by atoms with Gasteiger partial charge in [-0.3, -0.25) is 9.69 Å². The summed E-state index contributed by atoms with van der Waals surface area (Å²) in [5, 5.41) is 10.6. The van der Waals surface area contributed by atoms with Crippen molar-refractivity contribution in [1.82, 2.24) is 4.90 Å². The van der Waals surface area contributed by atoms with Gasteiger partial charge in [-0.05, 0) is 83.7 Å². The van der Waals surface area contributed by atoms with E-state index < -0.39 is 0 Å². The van der Waals surface area contributed by atoms with Crippen molar-refractivity contribution in [2.75, 3.05) is 6.54 Å². The number of ether oxygens (including phenoxy) is 1. The second-order valence-corrected chi connectivity index (χ2v) is 9.70. The van der Waals surface area contributed by atoms with Gasteiger partial charge in [0.25, 0.3) is 0 Å². The predicted octanol–water partition coefficient (Wildman–Crippen LogP) is 6.44. The first-order chi connectivity index (χ1) is 15.3. The zero-order valence-electron chi connectivity index (χ0n) is 20.3. The lowest BCUT2D eigenvalue weighted by atomic mass is 9.84. The minimum absolute atomic E-state index is 0.00971. The zero-order chi connectivity index (χ0) is 23.3. The summed E-state index contributed by atoms with van der Waals surface area (Å²) in [6, 6.07) is 14.7. The van der Waals surface area contributed by atoms with Crippen LogP contribution in [0.1, 0.15) is 82.4 Å². The van der Waals surface area contributed by atoms with Gasteiger partial charge in [-0.15, -0.1) is 0 Å². The van der Waals surface area contributed by atoms with E-state index in [1.54, 1.807) is 12.1 Å². The van der Waals surface area contributed by atoms with Gasteiger partial charge in [0.15, 0.2) is 0 Å². The van der Waals surface area contributed by atoms with Gasteiger partial charge >= 0.3 is 5.97 Å². The first-order valence-corrected chi connectivity index (χ1v) is 12.1. The average Bonchev–Trinajstić information content (AvgIpc) is 3.30. The highest BCUT2D eigenvalue weighted by molar-refractivity contribution is 5.76. The van der Waals surface area contributed by atoms with Gasteiger partial charge < -0.3 is 9.84 Å². The maximum absolute atomic E-state index is 12.9. The monoisotopic (exact) mass is 437 g/mol. The quantitative estimate of drug-likeness (QED) is 0.362. The molecule has 1 atom stereocenters. The molecule has 4 nitrogen and oxygen atoms in total. The molecule has 174 valence electrons. The Hall–Kier alpha value is -2.33. The fourth-order valence-electron chi connectivity index (χ4n) is 5.12. The van der Waals surface area contributed by atoms with Crippen molar-refractivity contribution in [1.29, 1.82) is 0 Å². The molecule has 0 aromatic heterocycles. The van der Waals surface area contributed by atoms with E-state index in [2.05, 4.69) is 44.7 Å². The summed E-state index contributed by atoms with van der Waals surface area (Å²) >= 11 is 0. The van der Waals surface area contributed by atoms with Crippen LogP contribution in [0.3, 0.4) is 0 Å². The summed E-state index contributed by atoms with van der Waals surface area (Å²) < 4.78 is 6.01. The number of carbonyl (C=O) groups excluding carboxylic acids is 1. The molecular formula is C28H39NO3. The van der Waals surface area contributed by atoms with Crippen LogP contribution in [0, 0.1) is 12.8 Å². The molecule has 0 amide bonds. The van der Waals surface area contributed by atoms with Crippen LogP contribution in [0.5, 0.6) is 11.5 Å². The van der Waals surface area contributed by atoms with E-state index >= 15 is 0 Å². The molecule has 1 N–H and O–H groups in total. The molecule has 0 bridgehead atoms. The van der Waals surface area contributed by atoms with Crippen LogP contribution < -0.4 is 4.74 Å². The summed E-state index contributed by atoms with van der Waals surface area (Å²) in [4.78, 5) is 15.4. The Morgan fingerprint density at radius 3 is 2.25 bits per heavy atom. The Bertz CT molecular complexity index is 877. The number of rotatable bonds is 9. The van der Waals surface area contributed by atoms with Crippen molar-refractivity contribution >= 4 is 5.97 Å². The summed E-state index contributed by atoms with van der Waals surface area (Å²) in [6.07, 6.45) is 4.87. The van der Waals surface area contributed by atoms with Crippen LogP contribution in [-0.4, -0.2) is 34.6 Å². The van der Waals surface area contributed by atoms with E-state index in [-0.39, 0.29) is 23.6 Å². The fraction of sp³-hybridized carbons (Fsp3) is 0.536. The molecule has 32 heavy (non-hydrogen) atoms. The summed E-state index contributed by atoms with van der Waals surface area (Å²) in [5.74, 6) is 0.712. The number of esters is 1. The number of phenolic OH excluding ortho intramolecular Hbond substituents is 1. The minimum Gasteiger partial charge on any atom is -0.508 e. The van der Waals surface area contributed by atoms with Gasteiger partial charge in [-0.2, -0.15) is 0 Å². The highest BCUT2D eigenvalue weighted by atomic mass is 16.5. The maximum atomic E-state index is 12.9. The summed E-state index contributed by atoms with van der Waals surface area (Å²) in [5.41, 5.74) is 2.89. The standard InChI is InChI=1S/C28H39NO3/c1-19(2)29(20(3)4)18-17-24(22-11-7-6-8-12-22)27-21(5)25(30)15-16-26(27)32-28(31)23-13-9-10-14-23/h6-8,11-12,15-16,19-20,23-24,30H,9-10,13-14,17-18H2,1-5H3/t24-/m1/s1. The topological polar surface area (TPSA) is 49.8 Å². The normalized spacial score (nSPS) is 15.6. The van der Waals surface area contributed by atoms with E-state index in [1.165, 1.54) is 5.56 Å². The predicted molar refractivity (Wildman–Crippen MR) is 130 cm³/mol. The molecule has 1 saturated carbocycles. The van der Waals surface area contributed by atoms with Crippen LogP contribution in [0.4, 0.5) is 0 Å². The van der Waals surface area contributed by atoms with Crippen molar-refractivity contribution < 1.29 is 14.6 Å². The highest BCUT2D eigenvalue weighted by Gasteiger charge is 2.29. The van der Waals surface area contributed by atoms with E-state index in [1.807, 2.05) is 25.1 Å². The van der Waals surface area contributed by atoms with Gasteiger partial charge in [0, 0.05) is 23.6 Å². The summed E-state index contributed by atoms with van der Waals surface area (Å²) in [6.45, 7) is 11.8. The van der Waals surface area contributed by atoms with Crippen LogP contribution in [0.2, 0.25) is 0 Å². The number of hydrogen-bond donors (Lipinski definition) is 1. The largest absolute Gasteiger partial charge is 0.508 e. The van der Waals surface area contributed by atoms with Crippen molar-refractivity contribution in [2.24, 2.45) is 5.92 Å². The highest BCUT2D eigenvalue weighted by Crippen LogP contribution is 2.41. The molecule has 0 aliphatic heterocycles. The van der Waals surface area contributed by atoms with Crippen LogP contribution >= 0.6 is 0 Å². The van der Waals surface area contributed by atoms with Crippen molar-refractivity contribution in [3.05, 3.63) is 59.2 Å². The molecule has 2 aromatic carbocycles. The fourth-order valence-corrected chi connectivity index (χ4v) is 5.12. The second-order valence-electron chi connectivity index (χ2n) is 9.70. The number of nitrogens with zero attached hydrogens (tertiary/aromatic N) is 1. The van der Waals surface area contributed by atoms with Crippen LogP contribution in [0.25, 0.3) is 0 Å². The third-order valence-electron chi connectivity index (χ3n) is 6.90. The molecule has 0 radical (unpaired) electrons. The van der Waals surface area contributed by atoms with Gasteiger partial charge in [0.05, 0.1) is 5.92 Å². The van der Waals surface area contributed by atoms with E-state index in [4.69, 9.17) is 4.74 Å². The third kappa shape index (κ3) is 5.72. The smallest absolute Gasteiger partial charge is 0.314 e. The Labute approximate surface area is 193 Å². The van der Waals surface area contributed by atoms with Gasteiger partial charge in [0.2, 0.25) is 0 Å². The minimum atomic E-state index is -0.133. The Morgan fingerprint density at radius 1 is 1.03 bits per heavy atom. The molecule has 1 aliphatic rings. The number of carbonyl (C=O) groups is 1. The molecule has 0 unspecified atom stereocenters. The van der Waals surface area contributed by atoms with E-state index in [0.29, 0.717) is 17.8 Å². The molecule has 0 spiro atoms. The zero-order valence-corrected chi connectivity index (χ0v) is 20.3. The van der Waals surface area contributed by atoms with Crippen LogP contribution in [0.15, 0.2) is 42.5 Å². The van der Waals surface area contributed by atoms with Crippen molar-refractivity contribution in [2.45, 2.75) is 84.7 Å². The molecule has 2 aromatic rings. The molecule has 3 rings (SSSR count). The van der Waals surface area contributed by atoms with Gasteiger partial charge in [-0.1, -0.05) is 43.2 Å². The molecule has 1 fully saturated rings. The molecule has 0 heterocycles. The number of aromatic hydroxyl groups is 1. The van der Waals surface area contributed by atoms with Crippen molar-refractivity contribution in [3.8, 4) is 11.5 Å². The molecule has 0 saturated heterocycles. The lowest BCUT2D eigenvalue weighted by Crippen LogP contribution is -2.38. The Balaban J connectivity index is 1.99. The first kappa shape index (κ1) is 24.3. The average molecular weight is 438 g/mol. The Kier molecular flexibility index (Phi) is 8.36. The Morgan fingerprint density at radius 2 is 1.66 bits per heavy atom. The molecule has 1 aliphatic carbocycles. The summed E-state index contributed by atoms with van der Waals surface area (Å²) in [7, 11) is 0. The SMILES string of the molecule is Cc1c(O)ccc(OC(=O)C2CCCC2)c1[C@H](CCN(C(C)C)C(C)C)c1ccccc1. The maximum Gasteiger partial charge on any atom is 0.314 e.